The van der Waals surface area contributed by atoms with E-state index in [0.717, 1.165) is 17.5 Å². The van der Waals surface area contributed by atoms with Gasteiger partial charge in [0.2, 0.25) is 17.7 Å². The van der Waals surface area contributed by atoms with Gasteiger partial charge in [0.05, 0.1) is 17.9 Å². The van der Waals surface area contributed by atoms with Gasteiger partial charge >= 0.3 is 0 Å². The number of aryl methyl sites for hydroxylation is 1. The molecule has 2 aromatic rings. The summed E-state index contributed by atoms with van der Waals surface area (Å²) < 4.78 is 0. The predicted molar refractivity (Wildman–Crippen MR) is 119 cm³/mol. The van der Waals surface area contributed by atoms with E-state index in [1.54, 1.807) is 6.92 Å². The van der Waals surface area contributed by atoms with Crippen LogP contribution in [0, 0.1) is 11.8 Å². The minimum absolute atomic E-state index is 0.251. The standard InChI is InChI=1S/C25H27N3O4/c1-3-15-9-10-18-17(13-15)25(24(32)26-18)20-19(21(27-25)14(2)29)22(30)28(23(20)31)12-11-16-7-5-4-6-8-16/h4-10,13-14,19-21,27,29H,3,11-12H2,1-2H3,(H,26,32)/t14-,19+,20-,21+,25+/m1/s1. The molecule has 0 saturated carbocycles. The molecule has 3 aliphatic rings. The van der Waals surface area contributed by atoms with Gasteiger partial charge in [-0.05, 0) is 37.0 Å². The number of fused-ring (bicyclic) bond motifs is 4. The zero-order valence-corrected chi connectivity index (χ0v) is 18.2. The monoisotopic (exact) mass is 433 g/mol. The average molecular weight is 434 g/mol. The molecule has 3 aliphatic heterocycles. The molecule has 5 atom stereocenters. The highest BCUT2D eigenvalue weighted by molar-refractivity contribution is 6.15. The highest BCUT2D eigenvalue weighted by Gasteiger charge is 2.71. The maximum absolute atomic E-state index is 13.7. The minimum atomic E-state index is -1.36. The van der Waals surface area contributed by atoms with Crippen LogP contribution in [0.1, 0.15) is 30.5 Å². The lowest BCUT2D eigenvalue weighted by Crippen LogP contribution is -2.55. The van der Waals surface area contributed by atoms with Gasteiger partial charge in [0.15, 0.2) is 0 Å². The molecule has 7 heteroatoms. The second-order valence-electron chi connectivity index (χ2n) is 8.97. The van der Waals surface area contributed by atoms with Crippen LogP contribution in [0.2, 0.25) is 0 Å². The number of benzene rings is 2. The quantitative estimate of drug-likeness (QED) is 0.622. The molecule has 32 heavy (non-hydrogen) atoms. The van der Waals surface area contributed by atoms with Crippen molar-refractivity contribution in [1.82, 2.24) is 10.2 Å². The Labute approximate surface area is 186 Å². The third-order valence-corrected chi connectivity index (χ3v) is 7.20. The van der Waals surface area contributed by atoms with Crippen LogP contribution in [-0.4, -0.2) is 46.4 Å². The first-order chi connectivity index (χ1) is 15.4. The molecule has 3 N–H and O–H groups in total. The number of carbonyl (C=O) groups excluding carboxylic acids is 3. The number of nitrogens with zero attached hydrogens (tertiary/aromatic N) is 1. The van der Waals surface area contributed by atoms with E-state index in [9.17, 15) is 19.5 Å². The number of hydrogen-bond acceptors (Lipinski definition) is 5. The summed E-state index contributed by atoms with van der Waals surface area (Å²) in [6.45, 7) is 3.87. The molecule has 2 saturated heterocycles. The van der Waals surface area contributed by atoms with Crippen molar-refractivity contribution in [3.8, 4) is 0 Å². The molecule has 5 rings (SSSR count). The van der Waals surface area contributed by atoms with Gasteiger partial charge in [0.25, 0.3) is 0 Å². The van der Waals surface area contributed by atoms with Gasteiger partial charge in [-0.25, -0.2) is 0 Å². The van der Waals surface area contributed by atoms with Crippen LogP contribution in [0.15, 0.2) is 48.5 Å². The van der Waals surface area contributed by atoms with E-state index in [-0.39, 0.29) is 24.3 Å². The fourth-order valence-electron chi connectivity index (χ4n) is 5.58. The van der Waals surface area contributed by atoms with Gasteiger partial charge in [-0.15, -0.1) is 0 Å². The lowest BCUT2D eigenvalue weighted by molar-refractivity contribution is -0.143. The highest BCUT2D eigenvalue weighted by Crippen LogP contribution is 2.53. The number of rotatable bonds is 5. The Morgan fingerprint density at radius 3 is 2.50 bits per heavy atom. The van der Waals surface area contributed by atoms with E-state index >= 15 is 0 Å². The fraction of sp³-hybridized carbons (Fsp3) is 0.400. The van der Waals surface area contributed by atoms with Crippen LogP contribution < -0.4 is 10.6 Å². The van der Waals surface area contributed by atoms with Crippen molar-refractivity contribution in [2.24, 2.45) is 11.8 Å². The fourth-order valence-corrected chi connectivity index (χ4v) is 5.58. The van der Waals surface area contributed by atoms with Crippen LogP contribution in [0.4, 0.5) is 5.69 Å². The Kier molecular flexibility index (Phi) is 4.91. The summed E-state index contributed by atoms with van der Waals surface area (Å²) in [5, 5.41) is 16.6. The summed E-state index contributed by atoms with van der Waals surface area (Å²) in [7, 11) is 0. The lowest BCUT2D eigenvalue weighted by atomic mass is 9.76. The lowest BCUT2D eigenvalue weighted by Gasteiger charge is -2.30. The van der Waals surface area contributed by atoms with Gasteiger partial charge in [0.1, 0.15) is 5.54 Å². The molecule has 2 aromatic carbocycles. The molecule has 0 aliphatic carbocycles. The van der Waals surface area contributed by atoms with Gasteiger partial charge in [-0.3, -0.25) is 24.6 Å². The third-order valence-electron chi connectivity index (χ3n) is 7.20. The van der Waals surface area contributed by atoms with Crippen molar-refractivity contribution in [3.05, 3.63) is 65.2 Å². The molecule has 0 aromatic heterocycles. The zero-order chi connectivity index (χ0) is 22.6. The summed E-state index contributed by atoms with van der Waals surface area (Å²) in [6, 6.07) is 14.7. The Morgan fingerprint density at radius 1 is 1.06 bits per heavy atom. The van der Waals surface area contributed by atoms with Gasteiger partial charge < -0.3 is 10.4 Å². The van der Waals surface area contributed by atoms with Crippen LogP contribution >= 0.6 is 0 Å². The average Bonchev–Trinajstić information content (AvgIpc) is 3.38. The molecule has 7 nitrogen and oxygen atoms in total. The van der Waals surface area contributed by atoms with Crippen LogP contribution in [0.3, 0.4) is 0 Å². The Morgan fingerprint density at radius 2 is 1.81 bits per heavy atom. The molecular formula is C25H27N3O4. The van der Waals surface area contributed by atoms with E-state index in [1.165, 1.54) is 4.90 Å². The number of imide groups is 1. The van der Waals surface area contributed by atoms with Gasteiger partial charge in [-0.2, -0.15) is 0 Å². The molecule has 2 fully saturated rings. The number of aliphatic hydroxyl groups excluding tert-OH is 1. The molecule has 3 heterocycles. The Bertz CT molecular complexity index is 1100. The van der Waals surface area contributed by atoms with Crippen LogP contribution in [0.5, 0.6) is 0 Å². The van der Waals surface area contributed by atoms with E-state index in [2.05, 4.69) is 10.6 Å². The smallest absolute Gasteiger partial charge is 0.250 e. The summed E-state index contributed by atoms with van der Waals surface area (Å²) in [5.41, 5.74) is 2.04. The molecule has 3 amide bonds. The maximum atomic E-state index is 13.7. The SMILES string of the molecule is CCc1ccc2c(c1)[C@@]1(N[C@@H]([C@@H](C)O)[C@H]3C(=O)N(CCc4ccccc4)C(=O)[C@@H]31)C(=O)N2. The van der Waals surface area contributed by atoms with E-state index < -0.39 is 29.5 Å². The van der Waals surface area contributed by atoms with Crippen molar-refractivity contribution >= 4 is 23.4 Å². The van der Waals surface area contributed by atoms with Gasteiger partial charge in [-0.1, -0.05) is 49.4 Å². The molecule has 0 bridgehead atoms. The normalized spacial score (nSPS) is 29.4. The predicted octanol–water partition coefficient (Wildman–Crippen LogP) is 1.59. The Hall–Kier alpha value is -3.03. The molecule has 166 valence electrons. The number of nitrogens with one attached hydrogen (secondary N) is 2. The Balaban J connectivity index is 1.56. The van der Waals surface area contributed by atoms with E-state index in [4.69, 9.17) is 0 Å². The highest BCUT2D eigenvalue weighted by atomic mass is 16.3. The first kappa shape index (κ1) is 20.8. The number of amides is 3. The molecule has 0 unspecified atom stereocenters. The number of carbonyl (C=O) groups is 3. The number of aliphatic hydroxyl groups is 1. The maximum Gasteiger partial charge on any atom is 0.250 e. The topological polar surface area (TPSA) is 98.7 Å². The largest absolute Gasteiger partial charge is 0.392 e. The number of hydrogen-bond donors (Lipinski definition) is 3. The minimum Gasteiger partial charge on any atom is -0.392 e. The van der Waals surface area contributed by atoms with Crippen LogP contribution in [-0.2, 0) is 32.8 Å². The number of likely N-dealkylation sites (tertiary alicyclic amines) is 1. The third kappa shape index (κ3) is 2.84. The van der Waals surface area contributed by atoms with Crippen molar-refractivity contribution in [2.45, 2.75) is 44.4 Å². The molecule has 0 radical (unpaired) electrons. The van der Waals surface area contributed by atoms with Crippen LogP contribution in [0.25, 0.3) is 0 Å². The summed E-state index contributed by atoms with van der Waals surface area (Å²) in [6.07, 6.45) is 0.417. The second kappa shape index (κ2) is 7.53. The first-order valence-electron chi connectivity index (χ1n) is 11.2. The van der Waals surface area contributed by atoms with Crippen molar-refractivity contribution in [1.29, 1.82) is 0 Å². The molecular weight excluding hydrogens is 406 g/mol. The second-order valence-corrected chi connectivity index (χ2v) is 8.97. The first-order valence-corrected chi connectivity index (χ1v) is 11.2. The van der Waals surface area contributed by atoms with Gasteiger partial charge in [0, 0.05) is 23.8 Å². The summed E-state index contributed by atoms with van der Waals surface area (Å²) >= 11 is 0. The van der Waals surface area contributed by atoms with E-state index in [0.29, 0.717) is 17.7 Å². The zero-order valence-electron chi connectivity index (χ0n) is 18.2. The summed E-state index contributed by atoms with van der Waals surface area (Å²) in [5.74, 6) is -2.69. The van der Waals surface area contributed by atoms with Crippen molar-refractivity contribution in [2.75, 3.05) is 11.9 Å². The van der Waals surface area contributed by atoms with Crippen molar-refractivity contribution < 1.29 is 19.5 Å². The van der Waals surface area contributed by atoms with Crippen molar-refractivity contribution in [3.63, 3.8) is 0 Å². The molecule has 1 spiro atoms. The summed E-state index contributed by atoms with van der Waals surface area (Å²) in [4.78, 5) is 41.8. The van der Waals surface area contributed by atoms with E-state index in [1.807, 2.05) is 55.5 Å². The number of anilines is 1.